The van der Waals surface area contributed by atoms with Crippen molar-refractivity contribution in [2.24, 2.45) is 0 Å². The molecule has 37 heavy (non-hydrogen) atoms. The Morgan fingerprint density at radius 2 is 1.11 bits per heavy atom. The van der Waals surface area contributed by atoms with E-state index in [0.717, 1.165) is 26.0 Å². The van der Waals surface area contributed by atoms with Crippen LogP contribution in [0.1, 0.15) is 25.0 Å². The van der Waals surface area contributed by atoms with Crippen molar-refractivity contribution in [2.45, 2.75) is 26.2 Å². The first kappa shape index (κ1) is 27.3. The average Bonchev–Trinajstić information content (AvgIpc) is 2.76. The minimum Gasteiger partial charge on any atom is -0.437 e. The predicted molar refractivity (Wildman–Crippen MR) is 109 cm³/mol. The number of carbonyl (C=O) groups is 2. The summed E-state index contributed by atoms with van der Waals surface area (Å²) in [6, 6.07) is 3.03. The molecule has 0 fully saturated rings. The molecule has 196 valence electrons. The van der Waals surface area contributed by atoms with Gasteiger partial charge in [0.05, 0.1) is 11.1 Å². The first-order valence-electron chi connectivity index (χ1n) is 9.85. The molecular formula is C22H13F8N3O4. The first-order chi connectivity index (χ1) is 17.1. The van der Waals surface area contributed by atoms with Gasteiger partial charge in [-0.1, -0.05) is 0 Å². The molecule has 0 radical (unpaired) electrons. The molecule has 0 bridgehead atoms. The number of carbonyl (C=O) groups excluding carboxylic acids is 2. The summed E-state index contributed by atoms with van der Waals surface area (Å²) in [4.78, 5) is 32.1. The van der Waals surface area contributed by atoms with E-state index < -0.39 is 75.9 Å². The van der Waals surface area contributed by atoms with Gasteiger partial charge in [0, 0.05) is 13.8 Å². The lowest BCUT2D eigenvalue weighted by molar-refractivity contribution is -0.140. The Balaban J connectivity index is 2.16. The normalized spacial score (nSPS) is 11.7. The van der Waals surface area contributed by atoms with Gasteiger partial charge >= 0.3 is 12.4 Å². The minimum absolute atomic E-state index is 0.281. The maximum Gasteiger partial charge on any atom is 0.419 e. The van der Waals surface area contributed by atoms with Gasteiger partial charge in [0.15, 0.2) is 5.69 Å². The highest BCUT2D eigenvalue weighted by Crippen LogP contribution is 2.42. The SMILES string of the molecule is CC(=O)N(C(C)=O)c1c(Oc2ccc(F)c(C(F)(F)F)c2)ncnc1Oc1ccc(F)c(C(F)(F)F)c1. The number of halogens is 8. The molecule has 0 aliphatic carbocycles. The van der Waals surface area contributed by atoms with Crippen molar-refractivity contribution >= 4 is 17.5 Å². The molecule has 0 saturated carbocycles. The second kappa shape index (κ2) is 9.99. The van der Waals surface area contributed by atoms with Gasteiger partial charge in [-0.2, -0.15) is 36.3 Å². The molecule has 0 aliphatic rings. The maximum absolute atomic E-state index is 13.6. The van der Waals surface area contributed by atoms with E-state index in [1.54, 1.807) is 0 Å². The van der Waals surface area contributed by atoms with Crippen molar-refractivity contribution in [1.82, 2.24) is 9.97 Å². The molecular weight excluding hydrogens is 522 g/mol. The van der Waals surface area contributed by atoms with Crippen molar-refractivity contribution in [3.63, 3.8) is 0 Å². The van der Waals surface area contributed by atoms with Gasteiger partial charge in [-0.25, -0.2) is 13.7 Å². The number of imide groups is 1. The van der Waals surface area contributed by atoms with Crippen LogP contribution in [-0.2, 0) is 21.9 Å². The predicted octanol–water partition coefficient (Wildman–Crippen LogP) is 6.28. The van der Waals surface area contributed by atoms with E-state index in [2.05, 4.69) is 9.97 Å². The molecule has 1 heterocycles. The third-order valence-corrected chi connectivity index (χ3v) is 4.52. The third-order valence-electron chi connectivity index (χ3n) is 4.52. The molecule has 3 rings (SSSR count). The lowest BCUT2D eigenvalue weighted by Crippen LogP contribution is -2.34. The van der Waals surface area contributed by atoms with E-state index in [0.29, 0.717) is 23.4 Å². The standard InChI is InChI=1S/C22H13F8N3O4/c1-10(34)33(11(2)35)18-19(36-12-3-5-16(23)14(7-12)21(25,26)27)31-9-32-20(18)37-13-4-6-17(24)15(8-13)22(28,29)30/h3-9H,1-2H3. The van der Waals surface area contributed by atoms with Gasteiger partial charge in [0.1, 0.15) is 29.5 Å². The largest absolute Gasteiger partial charge is 0.437 e. The molecule has 0 spiro atoms. The quantitative estimate of drug-likeness (QED) is 0.358. The molecule has 0 saturated heterocycles. The smallest absolute Gasteiger partial charge is 0.419 e. The van der Waals surface area contributed by atoms with Crippen LogP contribution in [0, 0.1) is 11.6 Å². The molecule has 0 atom stereocenters. The number of hydrogen-bond acceptors (Lipinski definition) is 6. The molecule has 2 aromatic carbocycles. The van der Waals surface area contributed by atoms with Crippen LogP contribution >= 0.6 is 0 Å². The summed E-state index contributed by atoms with van der Waals surface area (Å²) in [6.07, 6.45) is -9.50. The van der Waals surface area contributed by atoms with Crippen molar-refractivity contribution in [1.29, 1.82) is 0 Å². The van der Waals surface area contributed by atoms with E-state index in [4.69, 9.17) is 9.47 Å². The van der Waals surface area contributed by atoms with Crippen LogP contribution in [0.25, 0.3) is 0 Å². The van der Waals surface area contributed by atoms with Crippen molar-refractivity contribution in [3.8, 4) is 23.3 Å². The summed E-state index contributed by atoms with van der Waals surface area (Å²) in [5.74, 6) is -7.94. The summed E-state index contributed by atoms with van der Waals surface area (Å²) in [5.41, 5.74) is -4.09. The monoisotopic (exact) mass is 535 g/mol. The number of alkyl halides is 6. The zero-order valence-corrected chi connectivity index (χ0v) is 18.5. The summed E-state index contributed by atoms with van der Waals surface area (Å²) in [7, 11) is 0. The number of aromatic nitrogens is 2. The number of hydrogen-bond donors (Lipinski definition) is 0. The van der Waals surface area contributed by atoms with Crippen LogP contribution in [-0.4, -0.2) is 21.8 Å². The summed E-state index contributed by atoms with van der Waals surface area (Å²) >= 11 is 0. The highest BCUT2D eigenvalue weighted by Gasteiger charge is 2.36. The van der Waals surface area contributed by atoms with Gasteiger partial charge in [-0.15, -0.1) is 0 Å². The molecule has 15 heteroatoms. The topological polar surface area (TPSA) is 81.6 Å². The van der Waals surface area contributed by atoms with Gasteiger partial charge < -0.3 is 9.47 Å². The Morgan fingerprint density at radius 3 is 1.43 bits per heavy atom. The Labute approximate surface area is 202 Å². The summed E-state index contributed by atoms with van der Waals surface area (Å²) < 4.78 is 116. The highest BCUT2D eigenvalue weighted by molar-refractivity contribution is 6.14. The zero-order chi connectivity index (χ0) is 27.7. The fourth-order valence-corrected chi connectivity index (χ4v) is 3.02. The summed E-state index contributed by atoms with van der Waals surface area (Å²) in [5, 5.41) is 0. The van der Waals surface area contributed by atoms with Crippen molar-refractivity contribution < 1.29 is 54.2 Å². The number of rotatable bonds is 5. The number of anilines is 1. The second-order valence-corrected chi connectivity index (χ2v) is 7.19. The highest BCUT2D eigenvalue weighted by atomic mass is 19.4. The fraction of sp³-hybridized carbons (Fsp3) is 0.182. The van der Waals surface area contributed by atoms with Crippen LogP contribution < -0.4 is 14.4 Å². The van der Waals surface area contributed by atoms with Crippen LogP contribution in [0.2, 0.25) is 0 Å². The molecule has 0 unspecified atom stereocenters. The number of ether oxygens (including phenoxy) is 2. The number of amides is 2. The lowest BCUT2D eigenvalue weighted by Gasteiger charge is -2.22. The van der Waals surface area contributed by atoms with E-state index in [1.165, 1.54) is 0 Å². The molecule has 0 N–H and O–H groups in total. The molecule has 0 aliphatic heterocycles. The Hall–Kier alpha value is -4.30. The third kappa shape index (κ3) is 6.10. The Bertz CT molecular complexity index is 1260. The van der Waals surface area contributed by atoms with E-state index in [-0.39, 0.29) is 12.1 Å². The average molecular weight is 535 g/mol. The molecule has 2 amide bonds. The van der Waals surface area contributed by atoms with Gasteiger partial charge in [-0.05, 0) is 36.4 Å². The number of benzene rings is 2. The van der Waals surface area contributed by atoms with Gasteiger partial charge in [0.2, 0.25) is 11.8 Å². The molecule has 7 nitrogen and oxygen atoms in total. The molecule has 3 aromatic rings. The fourth-order valence-electron chi connectivity index (χ4n) is 3.02. The zero-order valence-electron chi connectivity index (χ0n) is 18.5. The minimum atomic E-state index is -5.10. The number of nitrogens with zero attached hydrogens (tertiary/aromatic N) is 3. The van der Waals surface area contributed by atoms with E-state index in [1.807, 2.05) is 0 Å². The molecule has 1 aromatic heterocycles. The Morgan fingerprint density at radius 1 is 0.730 bits per heavy atom. The van der Waals surface area contributed by atoms with E-state index in [9.17, 15) is 44.7 Å². The maximum atomic E-state index is 13.6. The lowest BCUT2D eigenvalue weighted by atomic mass is 10.2. The van der Waals surface area contributed by atoms with Crippen molar-refractivity contribution in [3.05, 3.63) is 65.5 Å². The van der Waals surface area contributed by atoms with Crippen LogP contribution in [0.15, 0.2) is 42.7 Å². The summed E-state index contributed by atoms with van der Waals surface area (Å²) in [6.45, 7) is 1.81. The van der Waals surface area contributed by atoms with E-state index >= 15 is 0 Å². The van der Waals surface area contributed by atoms with Crippen LogP contribution in [0.3, 0.4) is 0 Å². The first-order valence-corrected chi connectivity index (χ1v) is 9.85. The Kier molecular flexibility index (Phi) is 7.36. The van der Waals surface area contributed by atoms with Crippen molar-refractivity contribution in [2.75, 3.05) is 4.90 Å². The second-order valence-electron chi connectivity index (χ2n) is 7.19. The van der Waals surface area contributed by atoms with Gasteiger partial charge in [-0.3, -0.25) is 9.59 Å². The van der Waals surface area contributed by atoms with Gasteiger partial charge in [0.25, 0.3) is 11.8 Å². The van der Waals surface area contributed by atoms with Crippen LogP contribution in [0.5, 0.6) is 23.3 Å². The van der Waals surface area contributed by atoms with Crippen LogP contribution in [0.4, 0.5) is 40.8 Å².